The van der Waals surface area contributed by atoms with Crippen molar-refractivity contribution in [1.29, 1.82) is 0 Å². The number of nitrogens with zero attached hydrogens (tertiary/aromatic N) is 2. The Kier molecular flexibility index (Phi) is 6.27. The Bertz CT molecular complexity index is 4310. The van der Waals surface area contributed by atoms with Crippen molar-refractivity contribution >= 4 is 103 Å². The minimum absolute atomic E-state index is 0.154. The van der Waals surface area contributed by atoms with Crippen LogP contribution < -0.4 is 0 Å². The Morgan fingerprint density at radius 2 is 0.905 bits per heavy atom. The molecule has 15 rings (SSSR count). The van der Waals surface area contributed by atoms with E-state index in [0.29, 0.717) is 0 Å². The smallest absolute Gasteiger partial charge is 0.0620 e. The SMILES string of the molecule is CC1(C)c2ccc(-c3ccc4c(c3)c3ccccc3n4-c3ccc4c5ccccc5c5ccccc5c4c3)cc2-c2ccc3cc4c(cc3c21)c1cccc2c3ccccc3n4c21. The highest BCUT2D eigenvalue weighted by Gasteiger charge is 2.37. The van der Waals surface area contributed by atoms with Gasteiger partial charge in [-0.3, -0.25) is 0 Å². The molecule has 0 spiro atoms. The van der Waals surface area contributed by atoms with E-state index in [1.54, 1.807) is 0 Å². The molecule has 0 radical (unpaired) electrons. The van der Waals surface area contributed by atoms with Crippen molar-refractivity contribution in [3.63, 3.8) is 0 Å². The van der Waals surface area contributed by atoms with Crippen LogP contribution in [0.2, 0.25) is 0 Å². The molecular weight excluding hydrogens is 761 g/mol. The molecule has 14 aromatic rings. The first-order valence-corrected chi connectivity index (χ1v) is 22.2. The van der Waals surface area contributed by atoms with Crippen LogP contribution in [0.4, 0.5) is 0 Å². The number of hydrogen-bond donors (Lipinski definition) is 0. The van der Waals surface area contributed by atoms with Crippen molar-refractivity contribution in [1.82, 2.24) is 8.97 Å². The van der Waals surface area contributed by atoms with Gasteiger partial charge in [0.05, 0.1) is 27.6 Å². The highest BCUT2D eigenvalue weighted by atomic mass is 15.0. The summed E-state index contributed by atoms with van der Waals surface area (Å²) >= 11 is 0. The fraction of sp³-hybridized carbons (Fsp3) is 0.0492. The molecule has 292 valence electrons. The molecule has 3 heterocycles. The second-order valence-corrected chi connectivity index (χ2v) is 18.4. The van der Waals surface area contributed by atoms with E-state index in [1.165, 1.54) is 142 Å². The number of fused-ring (bicyclic) bond motifs is 20. The minimum Gasteiger partial charge on any atom is -0.309 e. The summed E-state index contributed by atoms with van der Waals surface area (Å²) in [6, 6.07) is 73.3. The third-order valence-electron chi connectivity index (χ3n) is 15.0. The quantitative estimate of drug-likeness (QED) is 0.154. The van der Waals surface area contributed by atoms with Crippen LogP contribution in [0.1, 0.15) is 25.0 Å². The molecule has 2 heteroatoms. The molecule has 0 unspecified atom stereocenters. The Morgan fingerprint density at radius 3 is 1.67 bits per heavy atom. The summed E-state index contributed by atoms with van der Waals surface area (Å²) in [6.07, 6.45) is 0. The lowest BCUT2D eigenvalue weighted by molar-refractivity contribution is 0.666. The zero-order valence-electron chi connectivity index (χ0n) is 34.9. The maximum Gasteiger partial charge on any atom is 0.0620 e. The summed E-state index contributed by atoms with van der Waals surface area (Å²) in [5.74, 6) is 0. The molecular formula is C61H38N2. The van der Waals surface area contributed by atoms with E-state index in [-0.39, 0.29) is 5.41 Å². The van der Waals surface area contributed by atoms with Gasteiger partial charge in [-0.2, -0.15) is 0 Å². The van der Waals surface area contributed by atoms with Crippen LogP contribution in [-0.4, -0.2) is 8.97 Å². The van der Waals surface area contributed by atoms with Gasteiger partial charge in [0, 0.05) is 43.4 Å². The van der Waals surface area contributed by atoms with Crippen LogP contribution in [0.3, 0.4) is 0 Å². The predicted octanol–water partition coefficient (Wildman–Crippen LogP) is 16.5. The molecule has 1 aliphatic rings. The molecule has 1 aliphatic carbocycles. The topological polar surface area (TPSA) is 9.34 Å². The molecule has 0 aliphatic heterocycles. The first-order valence-electron chi connectivity index (χ1n) is 22.2. The molecule has 0 saturated carbocycles. The van der Waals surface area contributed by atoms with E-state index in [2.05, 4.69) is 217 Å². The van der Waals surface area contributed by atoms with E-state index < -0.39 is 0 Å². The minimum atomic E-state index is -0.154. The van der Waals surface area contributed by atoms with E-state index >= 15 is 0 Å². The van der Waals surface area contributed by atoms with E-state index in [1.807, 2.05) is 0 Å². The molecule has 0 saturated heterocycles. The van der Waals surface area contributed by atoms with E-state index in [0.717, 1.165) is 0 Å². The summed E-state index contributed by atoms with van der Waals surface area (Å²) in [7, 11) is 0. The van der Waals surface area contributed by atoms with Crippen LogP contribution in [0.25, 0.3) is 131 Å². The van der Waals surface area contributed by atoms with Gasteiger partial charge >= 0.3 is 0 Å². The van der Waals surface area contributed by atoms with Crippen LogP contribution in [0.5, 0.6) is 0 Å². The first-order chi connectivity index (χ1) is 31.0. The van der Waals surface area contributed by atoms with Crippen molar-refractivity contribution in [3.05, 3.63) is 205 Å². The average Bonchev–Trinajstić information content (AvgIpc) is 4.03. The van der Waals surface area contributed by atoms with Gasteiger partial charge in [-0.1, -0.05) is 153 Å². The molecule has 0 atom stereocenters. The third-order valence-corrected chi connectivity index (χ3v) is 15.0. The van der Waals surface area contributed by atoms with Gasteiger partial charge < -0.3 is 8.97 Å². The molecule has 0 fully saturated rings. The van der Waals surface area contributed by atoms with Gasteiger partial charge in [-0.15, -0.1) is 0 Å². The number of rotatable bonds is 2. The highest BCUT2D eigenvalue weighted by molar-refractivity contribution is 6.27. The van der Waals surface area contributed by atoms with E-state index in [4.69, 9.17) is 0 Å². The summed E-state index contributed by atoms with van der Waals surface area (Å²) in [4.78, 5) is 0. The fourth-order valence-corrected chi connectivity index (χ4v) is 12.2. The second-order valence-electron chi connectivity index (χ2n) is 18.4. The summed E-state index contributed by atoms with van der Waals surface area (Å²) in [5, 5.41) is 18.2. The van der Waals surface area contributed by atoms with Crippen molar-refractivity contribution in [2.45, 2.75) is 19.3 Å². The van der Waals surface area contributed by atoms with Crippen LogP contribution in [0.15, 0.2) is 194 Å². The van der Waals surface area contributed by atoms with Crippen molar-refractivity contribution in [2.75, 3.05) is 0 Å². The van der Waals surface area contributed by atoms with Crippen molar-refractivity contribution in [3.8, 4) is 27.9 Å². The Balaban J connectivity index is 0.896. The summed E-state index contributed by atoms with van der Waals surface area (Å²) < 4.78 is 4.95. The second kappa shape index (κ2) is 11.7. The number of para-hydroxylation sites is 3. The van der Waals surface area contributed by atoms with Crippen LogP contribution in [-0.2, 0) is 5.41 Å². The predicted molar refractivity (Wildman–Crippen MR) is 268 cm³/mol. The normalized spacial score (nSPS) is 13.7. The van der Waals surface area contributed by atoms with Crippen LogP contribution >= 0.6 is 0 Å². The molecule has 0 N–H and O–H groups in total. The summed E-state index contributed by atoms with van der Waals surface area (Å²) in [6.45, 7) is 4.83. The summed E-state index contributed by atoms with van der Waals surface area (Å²) in [5.41, 5.74) is 15.3. The molecule has 0 bridgehead atoms. The fourth-order valence-electron chi connectivity index (χ4n) is 12.2. The zero-order valence-corrected chi connectivity index (χ0v) is 34.9. The Morgan fingerprint density at radius 1 is 0.333 bits per heavy atom. The van der Waals surface area contributed by atoms with Gasteiger partial charge in [0.2, 0.25) is 0 Å². The van der Waals surface area contributed by atoms with Gasteiger partial charge in [-0.25, -0.2) is 0 Å². The number of hydrogen-bond acceptors (Lipinski definition) is 0. The first kappa shape index (κ1) is 33.7. The molecule has 0 amide bonds. The van der Waals surface area contributed by atoms with Gasteiger partial charge in [0.25, 0.3) is 0 Å². The lowest BCUT2D eigenvalue weighted by Gasteiger charge is -2.23. The Hall–Kier alpha value is -7.94. The van der Waals surface area contributed by atoms with Gasteiger partial charge in [-0.05, 0) is 131 Å². The third kappa shape index (κ3) is 4.23. The van der Waals surface area contributed by atoms with Crippen molar-refractivity contribution < 1.29 is 0 Å². The standard InChI is InChI=1S/C61H38N2/c1-61(2)54-28-23-35(30-51(54)46-26-22-37-32-58-53(34-49(37)59(46)61)48-19-11-18-47-44-16-7-10-21-56(44)63(58)60(47)48)36-24-29-57-52(31-36)45-17-8-9-20-55(45)62(57)38-25-27-43-41-14-4-3-12-39(41)40-13-5-6-15-42(40)50(43)33-38/h3-34H,1-2H3. The number of benzene rings is 11. The van der Waals surface area contributed by atoms with Crippen LogP contribution in [0, 0.1) is 0 Å². The van der Waals surface area contributed by atoms with Crippen molar-refractivity contribution in [2.24, 2.45) is 0 Å². The molecule has 3 aromatic heterocycles. The lowest BCUT2D eigenvalue weighted by Crippen LogP contribution is -2.15. The molecule has 11 aromatic carbocycles. The highest BCUT2D eigenvalue weighted by Crippen LogP contribution is 2.53. The maximum atomic E-state index is 2.50. The largest absolute Gasteiger partial charge is 0.309 e. The lowest BCUT2D eigenvalue weighted by atomic mass is 9.80. The maximum absolute atomic E-state index is 2.50. The van der Waals surface area contributed by atoms with E-state index in [9.17, 15) is 0 Å². The average molecular weight is 799 g/mol. The number of aromatic nitrogens is 2. The van der Waals surface area contributed by atoms with Gasteiger partial charge in [0.1, 0.15) is 0 Å². The Labute approximate surface area is 362 Å². The van der Waals surface area contributed by atoms with Gasteiger partial charge in [0.15, 0.2) is 0 Å². The molecule has 2 nitrogen and oxygen atoms in total. The zero-order chi connectivity index (χ0) is 41.3. The molecule has 63 heavy (non-hydrogen) atoms. The monoisotopic (exact) mass is 798 g/mol.